The quantitative estimate of drug-likeness (QED) is 0.763. The van der Waals surface area contributed by atoms with Crippen LogP contribution in [0.1, 0.15) is 0 Å². The van der Waals surface area contributed by atoms with Gasteiger partial charge in [-0.3, -0.25) is 4.79 Å². The van der Waals surface area contributed by atoms with Crippen LogP contribution in [0, 0.1) is 0 Å². The number of nitrogens with zero attached hydrogens (tertiary/aromatic N) is 2. The third-order valence-electron chi connectivity index (χ3n) is 2.72. The molecular weight excluding hydrogens is 298 g/mol. The summed E-state index contributed by atoms with van der Waals surface area (Å²) >= 11 is 7.41. The van der Waals surface area contributed by atoms with Gasteiger partial charge in [0.15, 0.2) is 5.82 Å². The van der Waals surface area contributed by atoms with E-state index in [1.165, 1.54) is 11.3 Å². The Labute approximate surface area is 122 Å². The predicted molar refractivity (Wildman–Crippen MR) is 78.1 cm³/mol. The number of hydrogen-bond acceptors (Lipinski definition) is 5. The second kappa shape index (κ2) is 5.07. The van der Waals surface area contributed by atoms with Crippen molar-refractivity contribution < 1.29 is 5.11 Å². The summed E-state index contributed by atoms with van der Waals surface area (Å²) < 4.78 is 0. The van der Waals surface area contributed by atoms with E-state index in [1.54, 1.807) is 35.2 Å². The minimum absolute atomic E-state index is 0.0505. The van der Waals surface area contributed by atoms with Crippen LogP contribution in [0.25, 0.3) is 22.6 Å². The van der Waals surface area contributed by atoms with Crippen LogP contribution in [0.5, 0.6) is 5.88 Å². The van der Waals surface area contributed by atoms with Crippen LogP contribution in [0.4, 0.5) is 0 Å². The van der Waals surface area contributed by atoms with E-state index in [2.05, 4.69) is 15.0 Å². The smallest absolute Gasteiger partial charge is 0.263 e. The molecule has 3 rings (SSSR count). The summed E-state index contributed by atoms with van der Waals surface area (Å²) in [5, 5.41) is 12.1. The SMILES string of the molecule is O=c1[nH]c(-c2cscn2)nc(O)c1-c1ccccc1Cl. The van der Waals surface area contributed by atoms with Crippen molar-refractivity contribution in [1.82, 2.24) is 15.0 Å². The average Bonchev–Trinajstić information content (AvgIpc) is 2.94. The second-order valence-corrected chi connectivity index (χ2v) is 5.09. The molecule has 20 heavy (non-hydrogen) atoms. The number of nitrogens with one attached hydrogen (secondary N) is 1. The first-order valence-electron chi connectivity index (χ1n) is 5.63. The van der Waals surface area contributed by atoms with Crippen molar-refractivity contribution in [3.8, 4) is 28.5 Å². The Morgan fingerprint density at radius 3 is 2.75 bits per heavy atom. The molecule has 0 unspecified atom stereocenters. The zero-order valence-electron chi connectivity index (χ0n) is 10.0. The lowest BCUT2D eigenvalue weighted by atomic mass is 10.1. The van der Waals surface area contributed by atoms with Crippen molar-refractivity contribution in [2.24, 2.45) is 0 Å². The normalized spacial score (nSPS) is 10.7. The largest absolute Gasteiger partial charge is 0.493 e. The minimum atomic E-state index is -0.464. The Morgan fingerprint density at radius 2 is 2.10 bits per heavy atom. The fourth-order valence-electron chi connectivity index (χ4n) is 1.82. The molecule has 0 bridgehead atoms. The second-order valence-electron chi connectivity index (χ2n) is 3.97. The van der Waals surface area contributed by atoms with E-state index >= 15 is 0 Å². The highest BCUT2D eigenvalue weighted by molar-refractivity contribution is 7.07. The number of aromatic amines is 1. The third-order valence-corrected chi connectivity index (χ3v) is 3.63. The molecule has 0 aliphatic heterocycles. The van der Waals surface area contributed by atoms with Gasteiger partial charge in [-0.25, -0.2) is 4.98 Å². The van der Waals surface area contributed by atoms with Gasteiger partial charge in [-0.1, -0.05) is 29.8 Å². The predicted octanol–water partition coefficient (Wildman–Crippen LogP) is 2.92. The Morgan fingerprint density at radius 1 is 1.30 bits per heavy atom. The minimum Gasteiger partial charge on any atom is -0.493 e. The van der Waals surface area contributed by atoms with Crippen molar-refractivity contribution in [2.75, 3.05) is 0 Å². The van der Waals surface area contributed by atoms with Gasteiger partial charge in [-0.05, 0) is 6.07 Å². The van der Waals surface area contributed by atoms with E-state index in [4.69, 9.17) is 11.6 Å². The molecule has 0 saturated carbocycles. The summed E-state index contributed by atoms with van der Waals surface area (Å²) in [6.45, 7) is 0. The number of halogens is 1. The molecule has 2 N–H and O–H groups in total. The first kappa shape index (κ1) is 12.8. The van der Waals surface area contributed by atoms with Gasteiger partial charge in [0.05, 0.1) is 5.51 Å². The number of thiazole rings is 1. The molecule has 0 saturated heterocycles. The summed E-state index contributed by atoms with van der Waals surface area (Å²) in [7, 11) is 0. The fraction of sp³-hybridized carbons (Fsp3) is 0. The molecule has 0 aliphatic rings. The Kier molecular flexibility index (Phi) is 3.25. The lowest BCUT2D eigenvalue weighted by Gasteiger charge is -2.06. The standard InChI is InChI=1S/C13H8ClN3O2S/c14-8-4-2-1-3-7(8)10-12(18)16-11(17-13(10)19)9-5-20-6-15-9/h1-6H,(H2,16,17,18,19). The van der Waals surface area contributed by atoms with Crippen molar-refractivity contribution in [2.45, 2.75) is 0 Å². The van der Waals surface area contributed by atoms with Crippen LogP contribution in [-0.2, 0) is 0 Å². The Bertz CT molecular complexity index is 815. The molecule has 0 fully saturated rings. The monoisotopic (exact) mass is 305 g/mol. The van der Waals surface area contributed by atoms with E-state index in [0.717, 1.165) is 0 Å². The van der Waals surface area contributed by atoms with Crippen molar-refractivity contribution >= 4 is 22.9 Å². The molecule has 0 aliphatic carbocycles. The zero-order valence-corrected chi connectivity index (χ0v) is 11.6. The summed E-state index contributed by atoms with van der Waals surface area (Å²) in [5.74, 6) is -0.144. The Hall–Kier alpha value is -2.18. The lowest BCUT2D eigenvalue weighted by molar-refractivity contribution is 0.454. The van der Waals surface area contributed by atoms with Crippen LogP contribution >= 0.6 is 22.9 Å². The first-order chi connectivity index (χ1) is 9.66. The summed E-state index contributed by atoms with van der Waals surface area (Å²) in [5.41, 5.74) is 2.15. The first-order valence-corrected chi connectivity index (χ1v) is 6.95. The number of hydrogen-bond donors (Lipinski definition) is 2. The molecular formula is C13H8ClN3O2S. The van der Waals surface area contributed by atoms with Gasteiger partial charge >= 0.3 is 0 Å². The molecule has 0 radical (unpaired) electrons. The van der Waals surface area contributed by atoms with Crippen LogP contribution in [0.15, 0.2) is 40.0 Å². The topological polar surface area (TPSA) is 78.9 Å². The number of rotatable bonds is 2. The van der Waals surface area contributed by atoms with Gasteiger partial charge in [0, 0.05) is 16.0 Å². The maximum Gasteiger partial charge on any atom is 0.263 e. The molecule has 7 heteroatoms. The van der Waals surface area contributed by atoms with Gasteiger partial charge in [0.25, 0.3) is 5.56 Å². The summed E-state index contributed by atoms with van der Waals surface area (Å²) in [6.07, 6.45) is 0. The molecule has 0 spiro atoms. The maximum atomic E-state index is 12.2. The molecule has 0 amide bonds. The van der Waals surface area contributed by atoms with Crippen molar-refractivity contribution in [3.05, 3.63) is 50.5 Å². The molecule has 1 aromatic carbocycles. The molecule has 2 heterocycles. The van der Waals surface area contributed by atoms with E-state index in [1.807, 2.05) is 0 Å². The zero-order chi connectivity index (χ0) is 14.1. The van der Waals surface area contributed by atoms with Gasteiger partial charge < -0.3 is 10.1 Å². The fourth-order valence-corrected chi connectivity index (χ4v) is 2.59. The highest BCUT2D eigenvalue weighted by atomic mass is 35.5. The van der Waals surface area contributed by atoms with Gasteiger partial charge in [0.2, 0.25) is 5.88 Å². The van der Waals surface area contributed by atoms with E-state index in [-0.39, 0.29) is 17.3 Å². The molecule has 3 aromatic rings. The van der Waals surface area contributed by atoms with E-state index < -0.39 is 5.56 Å². The lowest BCUT2D eigenvalue weighted by Crippen LogP contribution is -2.12. The van der Waals surface area contributed by atoms with Gasteiger partial charge in [-0.2, -0.15) is 4.98 Å². The number of aromatic nitrogens is 3. The highest BCUT2D eigenvalue weighted by Gasteiger charge is 2.16. The van der Waals surface area contributed by atoms with Crippen LogP contribution < -0.4 is 5.56 Å². The number of H-pyrrole nitrogens is 1. The Balaban J connectivity index is 2.20. The van der Waals surface area contributed by atoms with Gasteiger partial charge in [-0.15, -0.1) is 11.3 Å². The molecule has 5 nitrogen and oxygen atoms in total. The summed E-state index contributed by atoms with van der Waals surface area (Å²) in [6, 6.07) is 6.77. The van der Waals surface area contributed by atoms with Crippen LogP contribution in [-0.4, -0.2) is 20.1 Å². The number of benzene rings is 1. The summed E-state index contributed by atoms with van der Waals surface area (Å²) in [4.78, 5) is 22.8. The van der Waals surface area contributed by atoms with Crippen molar-refractivity contribution in [3.63, 3.8) is 0 Å². The maximum absolute atomic E-state index is 12.2. The average molecular weight is 306 g/mol. The van der Waals surface area contributed by atoms with Crippen LogP contribution in [0.2, 0.25) is 5.02 Å². The van der Waals surface area contributed by atoms with Gasteiger partial charge in [0.1, 0.15) is 11.3 Å². The molecule has 0 atom stereocenters. The number of aromatic hydroxyl groups is 1. The van der Waals surface area contributed by atoms with E-state index in [9.17, 15) is 9.90 Å². The highest BCUT2D eigenvalue weighted by Crippen LogP contribution is 2.30. The third kappa shape index (κ3) is 2.19. The van der Waals surface area contributed by atoms with Crippen molar-refractivity contribution in [1.29, 1.82) is 0 Å². The molecule has 100 valence electrons. The van der Waals surface area contributed by atoms with E-state index in [0.29, 0.717) is 16.3 Å². The molecule has 2 aromatic heterocycles. The van der Waals surface area contributed by atoms with Crippen LogP contribution in [0.3, 0.4) is 0 Å².